The van der Waals surface area contributed by atoms with E-state index < -0.39 is 11.3 Å². The van der Waals surface area contributed by atoms with Gasteiger partial charge in [-0.05, 0) is 49.9 Å². The van der Waals surface area contributed by atoms with Crippen molar-refractivity contribution in [3.05, 3.63) is 46.7 Å². The van der Waals surface area contributed by atoms with E-state index in [4.69, 9.17) is 22.1 Å². The Bertz CT molecular complexity index is 943. The summed E-state index contributed by atoms with van der Waals surface area (Å²) in [5.74, 6) is 0.397. The predicted octanol–water partition coefficient (Wildman–Crippen LogP) is 3.86. The second-order valence-electron chi connectivity index (χ2n) is 8.64. The summed E-state index contributed by atoms with van der Waals surface area (Å²) in [4.78, 5) is 27.1. The van der Waals surface area contributed by atoms with E-state index in [-0.39, 0.29) is 24.9 Å². The second kappa shape index (κ2) is 9.73. The zero-order valence-electron chi connectivity index (χ0n) is 18.4. The summed E-state index contributed by atoms with van der Waals surface area (Å²) in [6.45, 7) is 8.02. The molecule has 0 bridgehead atoms. The Morgan fingerprint density at radius 3 is 2.74 bits per heavy atom. The van der Waals surface area contributed by atoms with Gasteiger partial charge in [-0.2, -0.15) is 5.10 Å². The van der Waals surface area contributed by atoms with E-state index in [9.17, 15) is 9.59 Å². The summed E-state index contributed by atoms with van der Waals surface area (Å²) >= 11 is 6.06. The molecule has 1 aliphatic heterocycles. The Hall–Kier alpha value is -2.54. The van der Waals surface area contributed by atoms with Gasteiger partial charge in [0.2, 0.25) is 5.91 Å². The molecule has 2 N–H and O–H groups in total. The van der Waals surface area contributed by atoms with Gasteiger partial charge in [-0.1, -0.05) is 31.5 Å². The first-order valence-corrected chi connectivity index (χ1v) is 11.1. The zero-order valence-corrected chi connectivity index (χ0v) is 19.2. The third-order valence-corrected chi connectivity index (χ3v) is 5.98. The third kappa shape index (κ3) is 5.58. The average molecular weight is 447 g/mol. The van der Waals surface area contributed by atoms with E-state index in [1.54, 1.807) is 21.7 Å². The maximum Gasteiger partial charge on any atom is 0.272 e. The van der Waals surface area contributed by atoms with Crippen LogP contribution in [0.25, 0.3) is 0 Å². The first-order valence-electron chi connectivity index (χ1n) is 10.8. The molecule has 0 aliphatic carbocycles. The van der Waals surface area contributed by atoms with Crippen LogP contribution in [0.2, 0.25) is 5.02 Å². The predicted molar refractivity (Wildman–Crippen MR) is 120 cm³/mol. The number of amides is 2. The van der Waals surface area contributed by atoms with Gasteiger partial charge in [-0.3, -0.25) is 14.3 Å². The minimum absolute atomic E-state index is 0.0717. The number of ether oxygens (including phenoxy) is 1. The van der Waals surface area contributed by atoms with Gasteiger partial charge in [0.25, 0.3) is 5.91 Å². The van der Waals surface area contributed by atoms with E-state index in [1.807, 2.05) is 25.1 Å². The summed E-state index contributed by atoms with van der Waals surface area (Å²) in [6, 6.07) is 9.02. The van der Waals surface area contributed by atoms with Crippen molar-refractivity contribution in [1.82, 2.24) is 14.7 Å². The molecule has 0 saturated carbocycles. The molecule has 0 radical (unpaired) electrons. The molecule has 1 fully saturated rings. The Labute approximate surface area is 188 Å². The highest BCUT2D eigenvalue weighted by atomic mass is 35.5. The van der Waals surface area contributed by atoms with E-state index in [1.165, 1.54) is 0 Å². The summed E-state index contributed by atoms with van der Waals surface area (Å²) in [7, 11) is 0. The minimum Gasteiger partial charge on any atom is -0.493 e. The number of aromatic nitrogens is 2. The lowest BCUT2D eigenvalue weighted by Gasteiger charge is -2.42. The molecular weight excluding hydrogens is 416 g/mol. The SMILES string of the molecule is CCn1nc(C(C)C)cc1C(=O)N1CCCC(COc2cccc(Cl)c2)(CC(N)=O)C1. The number of aryl methyl sites for hydroxylation is 1. The maximum atomic E-state index is 13.4. The van der Waals surface area contributed by atoms with Crippen LogP contribution in [0.15, 0.2) is 30.3 Å². The lowest BCUT2D eigenvalue weighted by Crippen LogP contribution is -2.50. The van der Waals surface area contributed by atoms with Crippen molar-refractivity contribution < 1.29 is 14.3 Å². The molecule has 0 spiro atoms. The molecule has 1 aromatic carbocycles. The molecule has 3 rings (SSSR count). The highest BCUT2D eigenvalue weighted by Crippen LogP contribution is 2.35. The Kier molecular flexibility index (Phi) is 7.26. The standard InChI is InChI=1S/C23H31ClN4O3/c1-4-28-20(12-19(26-28)16(2)3)22(30)27-10-6-9-23(14-27,13-21(25)29)15-31-18-8-5-7-17(24)11-18/h5,7-8,11-12,16H,4,6,9-10,13-15H2,1-3H3,(H2,25,29). The molecular formula is C23H31ClN4O3. The summed E-state index contributed by atoms with van der Waals surface area (Å²) < 4.78 is 7.75. The van der Waals surface area contributed by atoms with Gasteiger partial charge in [0.15, 0.2) is 0 Å². The number of piperidine rings is 1. The topological polar surface area (TPSA) is 90.4 Å². The first-order chi connectivity index (χ1) is 14.7. The quantitative estimate of drug-likeness (QED) is 0.666. The van der Waals surface area contributed by atoms with Crippen LogP contribution in [-0.4, -0.2) is 46.2 Å². The normalized spacial score (nSPS) is 18.9. The molecule has 8 heteroatoms. The lowest BCUT2D eigenvalue weighted by molar-refractivity contribution is -0.122. The fourth-order valence-corrected chi connectivity index (χ4v) is 4.33. The summed E-state index contributed by atoms with van der Waals surface area (Å²) in [6.07, 6.45) is 1.68. The third-order valence-electron chi connectivity index (χ3n) is 5.75. The number of carbonyl (C=O) groups excluding carboxylic acids is 2. The van der Waals surface area contributed by atoms with Crippen LogP contribution in [0.3, 0.4) is 0 Å². The van der Waals surface area contributed by atoms with Gasteiger partial charge in [0, 0.05) is 36.5 Å². The largest absolute Gasteiger partial charge is 0.493 e. The molecule has 7 nitrogen and oxygen atoms in total. The molecule has 168 valence electrons. The van der Waals surface area contributed by atoms with Crippen molar-refractivity contribution >= 4 is 23.4 Å². The van der Waals surface area contributed by atoms with Gasteiger partial charge in [-0.25, -0.2) is 0 Å². The molecule has 1 aliphatic rings. The Morgan fingerprint density at radius 1 is 1.32 bits per heavy atom. The van der Waals surface area contributed by atoms with Crippen molar-refractivity contribution in [2.45, 2.75) is 52.5 Å². The van der Waals surface area contributed by atoms with Crippen LogP contribution in [-0.2, 0) is 11.3 Å². The molecule has 1 saturated heterocycles. The fraction of sp³-hybridized carbons (Fsp3) is 0.522. The molecule has 2 heterocycles. The molecule has 2 aromatic rings. The number of halogens is 1. The van der Waals surface area contributed by atoms with Crippen molar-refractivity contribution in [3.63, 3.8) is 0 Å². The van der Waals surface area contributed by atoms with Crippen molar-refractivity contribution in [3.8, 4) is 5.75 Å². The van der Waals surface area contributed by atoms with Crippen LogP contribution in [0.4, 0.5) is 0 Å². The van der Waals surface area contributed by atoms with E-state index in [0.29, 0.717) is 36.1 Å². The second-order valence-corrected chi connectivity index (χ2v) is 9.08. The highest BCUT2D eigenvalue weighted by molar-refractivity contribution is 6.30. The van der Waals surface area contributed by atoms with E-state index >= 15 is 0 Å². The minimum atomic E-state index is -0.542. The zero-order chi connectivity index (χ0) is 22.6. The summed E-state index contributed by atoms with van der Waals surface area (Å²) in [5, 5.41) is 5.15. The van der Waals surface area contributed by atoms with Crippen molar-refractivity contribution in [1.29, 1.82) is 0 Å². The Balaban J connectivity index is 1.81. The van der Waals surface area contributed by atoms with Crippen LogP contribution >= 0.6 is 11.6 Å². The lowest BCUT2D eigenvalue weighted by atomic mass is 9.77. The van der Waals surface area contributed by atoms with Gasteiger partial charge >= 0.3 is 0 Å². The van der Waals surface area contributed by atoms with E-state index in [2.05, 4.69) is 18.9 Å². The van der Waals surface area contributed by atoms with Gasteiger partial charge < -0.3 is 15.4 Å². The highest BCUT2D eigenvalue weighted by Gasteiger charge is 2.40. The average Bonchev–Trinajstić information content (AvgIpc) is 3.16. The molecule has 1 unspecified atom stereocenters. The Morgan fingerprint density at radius 2 is 2.10 bits per heavy atom. The van der Waals surface area contributed by atoms with Gasteiger partial charge in [0.05, 0.1) is 12.3 Å². The number of primary amides is 1. The number of hydrogen-bond acceptors (Lipinski definition) is 4. The van der Waals surface area contributed by atoms with Crippen LogP contribution < -0.4 is 10.5 Å². The van der Waals surface area contributed by atoms with Crippen molar-refractivity contribution in [2.75, 3.05) is 19.7 Å². The summed E-state index contributed by atoms with van der Waals surface area (Å²) in [5.41, 5.74) is 6.52. The maximum absolute atomic E-state index is 13.4. The van der Waals surface area contributed by atoms with Gasteiger partial charge in [-0.15, -0.1) is 0 Å². The number of carbonyl (C=O) groups is 2. The molecule has 2 amide bonds. The molecule has 31 heavy (non-hydrogen) atoms. The van der Waals surface area contributed by atoms with Crippen LogP contribution in [0.5, 0.6) is 5.75 Å². The fourth-order valence-electron chi connectivity index (χ4n) is 4.15. The van der Waals surface area contributed by atoms with Crippen LogP contribution in [0.1, 0.15) is 62.1 Å². The first kappa shape index (κ1) is 23.1. The smallest absolute Gasteiger partial charge is 0.272 e. The number of likely N-dealkylation sites (tertiary alicyclic amines) is 1. The van der Waals surface area contributed by atoms with Crippen LogP contribution in [0, 0.1) is 5.41 Å². The molecule has 1 aromatic heterocycles. The number of rotatable bonds is 8. The van der Waals surface area contributed by atoms with Crippen molar-refractivity contribution in [2.24, 2.45) is 11.1 Å². The number of nitrogens with zero attached hydrogens (tertiary/aromatic N) is 3. The number of benzene rings is 1. The van der Waals surface area contributed by atoms with E-state index in [0.717, 1.165) is 18.5 Å². The monoisotopic (exact) mass is 446 g/mol. The van der Waals surface area contributed by atoms with Gasteiger partial charge in [0.1, 0.15) is 11.4 Å². The number of hydrogen-bond donors (Lipinski definition) is 1. The molecule has 1 atom stereocenters. The number of nitrogens with two attached hydrogens (primary N) is 1.